The smallest absolute Gasteiger partial charge is 0.248 e. The van der Waals surface area contributed by atoms with E-state index < -0.39 is 0 Å². The van der Waals surface area contributed by atoms with Crippen molar-refractivity contribution in [3.05, 3.63) is 60.2 Å². The highest BCUT2D eigenvalue weighted by Gasteiger charge is 2.00. The molecule has 0 heterocycles. The first-order chi connectivity index (χ1) is 12.1. The van der Waals surface area contributed by atoms with Crippen LogP contribution in [0.5, 0.6) is 5.75 Å². The van der Waals surface area contributed by atoms with Crippen molar-refractivity contribution in [1.82, 2.24) is 0 Å². The van der Waals surface area contributed by atoms with Crippen molar-refractivity contribution in [2.75, 3.05) is 30.9 Å². The molecule has 4 heteroatoms. The van der Waals surface area contributed by atoms with Crippen LogP contribution < -0.4 is 15.0 Å². The summed E-state index contributed by atoms with van der Waals surface area (Å²) >= 11 is 0. The van der Waals surface area contributed by atoms with E-state index in [9.17, 15) is 4.79 Å². The molecule has 0 aliphatic rings. The lowest BCUT2D eigenvalue weighted by molar-refractivity contribution is -0.111. The highest BCUT2D eigenvalue weighted by molar-refractivity contribution is 6.02. The summed E-state index contributed by atoms with van der Waals surface area (Å²) in [6.45, 7) is 2.87. The third kappa shape index (κ3) is 6.34. The van der Waals surface area contributed by atoms with Crippen LogP contribution in [0.15, 0.2) is 54.6 Å². The molecule has 0 aromatic heterocycles. The molecule has 132 valence electrons. The second-order valence-electron chi connectivity index (χ2n) is 6.03. The van der Waals surface area contributed by atoms with Crippen LogP contribution in [0.4, 0.5) is 11.4 Å². The normalized spacial score (nSPS) is 10.7. The Kier molecular flexibility index (Phi) is 7.08. The first kappa shape index (κ1) is 18.6. The second-order valence-corrected chi connectivity index (χ2v) is 6.03. The van der Waals surface area contributed by atoms with Gasteiger partial charge in [-0.05, 0) is 54.5 Å². The van der Waals surface area contributed by atoms with E-state index >= 15 is 0 Å². The molecule has 2 rings (SSSR count). The van der Waals surface area contributed by atoms with Gasteiger partial charge in [-0.1, -0.05) is 25.5 Å². The van der Waals surface area contributed by atoms with Crippen LogP contribution in [0.25, 0.3) is 6.08 Å². The van der Waals surface area contributed by atoms with E-state index in [2.05, 4.69) is 12.2 Å². The number of anilines is 2. The SMILES string of the molecule is CCCCOc1ccc(C=CC(=O)Nc2ccc(N(C)C)cc2)cc1. The van der Waals surface area contributed by atoms with Gasteiger partial charge in [0.05, 0.1) is 6.61 Å². The number of nitrogens with one attached hydrogen (secondary N) is 1. The van der Waals surface area contributed by atoms with E-state index in [-0.39, 0.29) is 5.91 Å². The van der Waals surface area contributed by atoms with Crippen molar-refractivity contribution in [3.63, 3.8) is 0 Å². The zero-order valence-corrected chi connectivity index (χ0v) is 15.2. The van der Waals surface area contributed by atoms with Gasteiger partial charge in [0.1, 0.15) is 5.75 Å². The second kappa shape index (κ2) is 9.52. The molecule has 0 atom stereocenters. The summed E-state index contributed by atoms with van der Waals surface area (Å²) < 4.78 is 5.63. The minimum Gasteiger partial charge on any atom is -0.494 e. The van der Waals surface area contributed by atoms with E-state index in [1.165, 1.54) is 6.08 Å². The van der Waals surface area contributed by atoms with Gasteiger partial charge in [-0.2, -0.15) is 0 Å². The fraction of sp³-hybridized carbons (Fsp3) is 0.286. The number of carbonyl (C=O) groups is 1. The molecule has 1 amide bonds. The fourth-order valence-electron chi connectivity index (χ4n) is 2.21. The number of amides is 1. The van der Waals surface area contributed by atoms with Gasteiger partial charge in [0, 0.05) is 31.5 Å². The summed E-state index contributed by atoms with van der Waals surface area (Å²) in [6, 6.07) is 15.5. The number of benzene rings is 2. The molecule has 0 saturated heterocycles. The lowest BCUT2D eigenvalue weighted by Gasteiger charge is -2.12. The van der Waals surface area contributed by atoms with Gasteiger partial charge in [0.25, 0.3) is 0 Å². The lowest BCUT2D eigenvalue weighted by Crippen LogP contribution is -2.10. The molecule has 0 aliphatic heterocycles. The van der Waals surface area contributed by atoms with E-state index in [4.69, 9.17) is 4.74 Å². The number of ether oxygens (including phenoxy) is 1. The van der Waals surface area contributed by atoms with Crippen LogP contribution in [-0.4, -0.2) is 26.6 Å². The summed E-state index contributed by atoms with van der Waals surface area (Å²) in [5, 5.41) is 2.86. The summed E-state index contributed by atoms with van der Waals surface area (Å²) in [7, 11) is 3.97. The quantitative estimate of drug-likeness (QED) is 0.566. The molecule has 2 aromatic rings. The molecular formula is C21H26N2O2. The lowest BCUT2D eigenvalue weighted by atomic mass is 10.2. The van der Waals surface area contributed by atoms with Crippen molar-refractivity contribution in [2.45, 2.75) is 19.8 Å². The van der Waals surface area contributed by atoms with Gasteiger partial charge in [-0.25, -0.2) is 0 Å². The van der Waals surface area contributed by atoms with Gasteiger partial charge in [-0.3, -0.25) is 4.79 Å². The topological polar surface area (TPSA) is 41.6 Å². The Hall–Kier alpha value is -2.75. The Labute approximate surface area is 150 Å². The predicted octanol–water partition coefficient (Wildman–Crippen LogP) is 4.58. The molecule has 25 heavy (non-hydrogen) atoms. The fourth-order valence-corrected chi connectivity index (χ4v) is 2.21. The minimum atomic E-state index is -0.152. The van der Waals surface area contributed by atoms with Gasteiger partial charge in [-0.15, -0.1) is 0 Å². The molecule has 0 spiro atoms. The number of hydrogen-bond acceptors (Lipinski definition) is 3. The van der Waals surface area contributed by atoms with E-state index in [1.807, 2.05) is 67.5 Å². The number of hydrogen-bond donors (Lipinski definition) is 1. The molecule has 2 aromatic carbocycles. The Balaban J connectivity index is 1.86. The van der Waals surface area contributed by atoms with Crippen LogP contribution >= 0.6 is 0 Å². The monoisotopic (exact) mass is 338 g/mol. The maximum absolute atomic E-state index is 12.0. The Morgan fingerprint density at radius 1 is 1.08 bits per heavy atom. The first-order valence-corrected chi connectivity index (χ1v) is 8.58. The molecule has 4 nitrogen and oxygen atoms in total. The maximum atomic E-state index is 12.0. The van der Waals surface area contributed by atoms with Crippen LogP contribution in [0.3, 0.4) is 0 Å². The zero-order valence-electron chi connectivity index (χ0n) is 15.2. The number of nitrogens with zero attached hydrogens (tertiary/aromatic N) is 1. The van der Waals surface area contributed by atoms with Crippen LogP contribution in [-0.2, 0) is 4.79 Å². The van der Waals surface area contributed by atoms with Gasteiger partial charge >= 0.3 is 0 Å². The van der Waals surface area contributed by atoms with Crippen molar-refractivity contribution < 1.29 is 9.53 Å². The average molecular weight is 338 g/mol. The summed E-state index contributed by atoms with van der Waals surface area (Å²) in [4.78, 5) is 14.0. The highest BCUT2D eigenvalue weighted by Crippen LogP contribution is 2.16. The van der Waals surface area contributed by atoms with Crippen LogP contribution in [0.2, 0.25) is 0 Å². The Morgan fingerprint density at radius 2 is 1.76 bits per heavy atom. The number of unbranched alkanes of at least 4 members (excludes halogenated alkanes) is 1. The molecule has 0 radical (unpaired) electrons. The zero-order chi connectivity index (χ0) is 18.1. The molecule has 0 saturated carbocycles. The molecule has 0 unspecified atom stereocenters. The van der Waals surface area contributed by atoms with Crippen molar-refractivity contribution in [3.8, 4) is 5.75 Å². The largest absolute Gasteiger partial charge is 0.494 e. The highest BCUT2D eigenvalue weighted by atomic mass is 16.5. The Morgan fingerprint density at radius 3 is 2.36 bits per heavy atom. The van der Waals surface area contributed by atoms with Gasteiger partial charge in [0.15, 0.2) is 0 Å². The summed E-state index contributed by atoms with van der Waals surface area (Å²) in [6.07, 6.45) is 5.50. The average Bonchev–Trinajstić information content (AvgIpc) is 2.62. The third-order valence-corrected chi connectivity index (χ3v) is 3.73. The van der Waals surface area contributed by atoms with E-state index in [0.29, 0.717) is 0 Å². The number of carbonyl (C=O) groups excluding carboxylic acids is 1. The Bertz CT molecular complexity index is 689. The van der Waals surface area contributed by atoms with Crippen LogP contribution in [0, 0.1) is 0 Å². The molecule has 0 aliphatic carbocycles. The third-order valence-electron chi connectivity index (χ3n) is 3.73. The van der Waals surface area contributed by atoms with Gasteiger partial charge < -0.3 is 15.0 Å². The predicted molar refractivity (Wildman–Crippen MR) is 105 cm³/mol. The first-order valence-electron chi connectivity index (χ1n) is 8.58. The maximum Gasteiger partial charge on any atom is 0.248 e. The molecular weight excluding hydrogens is 312 g/mol. The van der Waals surface area contributed by atoms with E-state index in [1.54, 1.807) is 6.08 Å². The standard InChI is InChI=1S/C21H26N2O2/c1-4-5-16-25-20-13-6-17(7-14-20)8-15-21(24)22-18-9-11-19(12-10-18)23(2)3/h6-15H,4-5,16H2,1-3H3,(H,22,24). The van der Waals surface area contributed by atoms with E-state index in [0.717, 1.165) is 42.1 Å². The summed E-state index contributed by atoms with van der Waals surface area (Å²) in [5.74, 6) is 0.705. The van der Waals surface area contributed by atoms with Gasteiger partial charge in [0.2, 0.25) is 5.91 Å². The molecule has 0 bridgehead atoms. The molecule has 1 N–H and O–H groups in total. The molecule has 0 fully saturated rings. The van der Waals surface area contributed by atoms with Crippen molar-refractivity contribution in [1.29, 1.82) is 0 Å². The number of rotatable bonds is 8. The van der Waals surface area contributed by atoms with Crippen molar-refractivity contribution in [2.24, 2.45) is 0 Å². The van der Waals surface area contributed by atoms with Crippen molar-refractivity contribution >= 4 is 23.4 Å². The van der Waals surface area contributed by atoms with Crippen LogP contribution in [0.1, 0.15) is 25.3 Å². The minimum absolute atomic E-state index is 0.152. The summed E-state index contributed by atoms with van der Waals surface area (Å²) in [5.41, 5.74) is 2.83.